The van der Waals surface area contributed by atoms with Gasteiger partial charge in [-0.15, -0.1) is 0 Å². The lowest BCUT2D eigenvalue weighted by Crippen LogP contribution is -2.27. The van der Waals surface area contributed by atoms with Crippen molar-refractivity contribution in [3.05, 3.63) is 0 Å². The summed E-state index contributed by atoms with van der Waals surface area (Å²) < 4.78 is 19.7. The van der Waals surface area contributed by atoms with Gasteiger partial charge in [0.05, 0.1) is 13.2 Å². The fourth-order valence-corrected chi connectivity index (χ4v) is 0.792. The van der Waals surface area contributed by atoms with E-state index >= 15 is 0 Å². The molecule has 0 spiro atoms. The molecule has 0 radical (unpaired) electrons. The predicted octanol–water partition coefficient (Wildman–Crippen LogP) is 2.67. The maximum atomic E-state index is 5.17. The van der Waals surface area contributed by atoms with E-state index in [4.69, 9.17) is 9.47 Å². The molecule has 0 bridgehead atoms. The third-order valence-electron chi connectivity index (χ3n) is 1.89. The van der Waals surface area contributed by atoms with Crippen LogP contribution in [0.4, 0.5) is 0 Å². The minimum absolute atomic E-state index is 0.0196. The van der Waals surface area contributed by atoms with Crippen molar-refractivity contribution in [3.8, 4) is 0 Å². The number of hydrogen-bond donors (Lipinski definition) is 0. The molecule has 1 aliphatic rings. The molecule has 0 unspecified atom stereocenters. The van der Waals surface area contributed by atoms with Crippen LogP contribution in [0.2, 0.25) is 0 Å². The van der Waals surface area contributed by atoms with Crippen molar-refractivity contribution in [3.63, 3.8) is 0 Å². The zero-order valence-corrected chi connectivity index (χ0v) is 11.8. The van der Waals surface area contributed by atoms with Gasteiger partial charge in [0.2, 0.25) is 0 Å². The van der Waals surface area contributed by atoms with E-state index in [0.29, 0.717) is 5.92 Å². The maximum absolute atomic E-state index is 5.17. The minimum Gasteiger partial charge on any atom is -0.356 e. The molecule has 0 aromatic rings. The van der Waals surface area contributed by atoms with E-state index in [9.17, 15) is 0 Å². The van der Waals surface area contributed by atoms with Gasteiger partial charge in [-0.1, -0.05) is 20.8 Å². The number of hydrogen-bond acceptors (Lipinski definition) is 4. The minimum atomic E-state index is -0.0648. The van der Waals surface area contributed by atoms with Crippen LogP contribution in [0.25, 0.3) is 0 Å². The Morgan fingerprint density at radius 1 is 1.00 bits per heavy atom. The third kappa shape index (κ3) is 11.9. The van der Waals surface area contributed by atoms with Crippen LogP contribution in [0.1, 0.15) is 34.6 Å². The summed E-state index contributed by atoms with van der Waals surface area (Å²) in [6.45, 7) is 11.6. The highest BCUT2D eigenvalue weighted by molar-refractivity contribution is 4.53. The van der Waals surface area contributed by atoms with Gasteiger partial charge < -0.3 is 18.9 Å². The average Bonchev–Trinajstić information content (AvgIpc) is 2.35. The van der Waals surface area contributed by atoms with Gasteiger partial charge in [-0.25, -0.2) is 0 Å². The van der Waals surface area contributed by atoms with Crippen LogP contribution in [-0.4, -0.2) is 40.0 Å². The Labute approximate surface area is 100 Å². The van der Waals surface area contributed by atoms with E-state index in [1.165, 1.54) is 0 Å². The second-order valence-corrected chi connectivity index (χ2v) is 3.38. The first-order valence-corrected chi connectivity index (χ1v) is 5.89. The van der Waals surface area contributed by atoms with Crippen molar-refractivity contribution in [2.75, 3.05) is 27.4 Å². The Bertz CT molecular complexity index is 108. The van der Waals surface area contributed by atoms with E-state index in [1.54, 1.807) is 14.2 Å². The molecule has 100 valence electrons. The lowest BCUT2D eigenvalue weighted by Gasteiger charge is -2.24. The number of rotatable bonds is 2. The molecule has 0 saturated carbocycles. The zero-order chi connectivity index (χ0) is 13.0. The number of ether oxygens (including phenoxy) is 4. The molecule has 0 aliphatic carbocycles. The Kier molecular flexibility index (Phi) is 14.7. The van der Waals surface area contributed by atoms with Crippen LogP contribution in [0.5, 0.6) is 0 Å². The van der Waals surface area contributed by atoms with Gasteiger partial charge in [0.25, 0.3) is 0 Å². The summed E-state index contributed by atoms with van der Waals surface area (Å²) in [5.74, 6) is 0.575. The normalized spacial score (nSPS) is 24.0. The van der Waals surface area contributed by atoms with Crippen molar-refractivity contribution in [2.24, 2.45) is 5.92 Å². The quantitative estimate of drug-likeness (QED) is 0.691. The Hall–Kier alpha value is -0.160. The largest absolute Gasteiger partial charge is 0.356 e. The summed E-state index contributed by atoms with van der Waals surface area (Å²) in [5, 5.41) is 0. The maximum Gasteiger partial charge on any atom is 0.154 e. The molecule has 0 N–H and O–H groups in total. The topological polar surface area (TPSA) is 36.9 Å². The second-order valence-electron chi connectivity index (χ2n) is 3.38. The Morgan fingerprint density at radius 2 is 1.38 bits per heavy atom. The molecule has 1 aliphatic heterocycles. The van der Waals surface area contributed by atoms with Crippen LogP contribution in [0, 0.1) is 5.92 Å². The second kappa shape index (κ2) is 12.9. The first-order valence-electron chi connectivity index (χ1n) is 5.89. The molecule has 4 nitrogen and oxygen atoms in total. The monoisotopic (exact) mass is 236 g/mol. The van der Waals surface area contributed by atoms with Crippen LogP contribution in [-0.2, 0) is 18.9 Å². The highest BCUT2D eigenvalue weighted by Crippen LogP contribution is 2.08. The first kappa shape index (κ1) is 18.2. The molecular weight excluding hydrogens is 208 g/mol. The van der Waals surface area contributed by atoms with Gasteiger partial charge in [0, 0.05) is 20.1 Å². The fraction of sp³-hybridized carbons (Fsp3) is 1.00. The molecule has 0 aromatic carbocycles. The SMILES string of the molecule is CC.CC1COC(C)OC1.COC(C)OC. The summed E-state index contributed by atoms with van der Waals surface area (Å²) in [7, 11) is 3.21. The first-order chi connectivity index (χ1) is 7.60. The molecule has 1 saturated heterocycles. The molecule has 1 rings (SSSR count). The standard InChI is InChI=1S/C6H12O2.C4H10O2.C2H6/c1-5-3-7-6(2)8-4-5;1-4(5-2)6-3;1-2/h5-6H,3-4H2,1-2H3;4H,1-3H3;1-2H3. The molecule has 1 heterocycles. The lowest BCUT2D eigenvalue weighted by atomic mass is 10.2. The molecule has 4 heteroatoms. The van der Waals surface area contributed by atoms with Gasteiger partial charge in [0.1, 0.15) is 0 Å². The van der Waals surface area contributed by atoms with Crippen molar-refractivity contribution >= 4 is 0 Å². The molecular formula is C12H28O4. The van der Waals surface area contributed by atoms with Gasteiger partial charge in [-0.05, 0) is 13.8 Å². The third-order valence-corrected chi connectivity index (χ3v) is 1.89. The van der Waals surface area contributed by atoms with Crippen LogP contribution >= 0.6 is 0 Å². The number of methoxy groups -OCH3 is 2. The van der Waals surface area contributed by atoms with E-state index in [-0.39, 0.29) is 12.6 Å². The predicted molar refractivity (Wildman–Crippen MR) is 65.4 cm³/mol. The lowest BCUT2D eigenvalue weighted by molar-refractivity contribution is -0.187. The highest BCUT2D eigenvalue weighted by atomic mass is 16.7. The van der Waals surface area contributed by atoms with Crippen molar-refractivity contribution in [2.45, 2.75) is 47.2 Å². The Morgan fingerprint density at radius 3 is 1.56 bits per heavy atom. The highest BCUT2D eigenvalue weighted by Gasteiger charge is 2.13. The van der Waals surface area contributed by atoms with Gasteiger partial charge in [-0.3, -0.25) is 0 Å². The fourth-order valence-electron chi connectivity index (χ4n) is 0.792. The van der Waals surface area contributed by atoms with Crippen molar-refractivity contribution in [1.82, 2.24) is 0 Å². The van der Waals surface area contributed by atoms with Crippen molar-refractivity contribution < 1.29 is 18.9 Å². The zero-order valence-electron chi connectivity index (χ0n) is 11.8. The van der Waals surface area contributed by atoms with Crippen molar-refractivity contribution in [1.29, 1.82) is 0 Å². The van der Waals surface area contributed by atoms with Gasteiger partial charge in [0.15, 0.2) is 12.6 Å². The summed E-state index contributed by atoms with van der Waals surface area (Å²) in [6.07, 6.45) is -0.0452. The molecule has 0 aromatic heterocycles. The van der Waals surface area contributed by atoms with E-state index in [0.717, 1.165) is 13.2 Å². The van der Waals surface area contributed by atoms with Crippen LogP contribution < -0.4 is 0 Å². The van der Waals surface area contributed by atoms with Gasteiger partial charge in [-0.2, -0.15) is 0 Å². The summed E-state index contributed by atoms with van der Waals surface area (Å²) >= 11 is 0. The van der Waals surface area contributed by atoms with Crippen LogP contribution in [0.15, 0.2) is 0 Å². The molecule has 16 heavy (non-hydrogen) atoms. The van der Waals surface area contributed by atoms with E-state index in [1.807, 2.05) is 27.7 Å². The molecule has 0 amide bonds. The summed E-state index contributed by atoms with van der Waals surface area (Å²) in [5.41, 5.74) is 0. The summed E-state index contributed by atoms with van der Waals surface area (Å²) in [6, 6.07) is 0. The Balaban J connectivity index is 0. The summed E-state index contributed by atoms with van der Waals surface area (Å²) in [4.78, 5) is 0. The average molecular weight is 236 g/mol. The van der Waals surface area contributed by atoms with E-state index < -0.39 is 0 Å². The smallest absolute Gasteiger partial charge is 0.154 e. The molecule has 1 fully saturated rings. The van der Waals surface area contributed by atoms with E-state index in [2.05, 4.69) is 16.4 Å². The molecule has 0 atom stereocenters. The van der Waals surface area contributed by atoms with Gasteiger partial charge >= 0.3 is 0 Å². The van der Waals surface area contributed by atoms with Crippen LogP contribution in [0.3, 0.4) is 0 Å².